The number of hydrazine groups is 1. The van der Waals surface area contributed by atoms with Crippen LogP contribution in [0.4, 0.5) is 22.0 Å². The number of rotatable bonds is 4. The van der Waals surface area contributed by atoms with Crippen molar-refractivity contribution in [1.29, 1.82) is 0 Å². The molecule has 13 heteroatoms. The van der Waals surface area contributed by atoms with Gasteiger partial charge >= 0.3 is 6.18 Å². The summed E-state index contributed by atoms with van der Waals surface area (Å²) in [7, 11) is 0. The van der Waals surface area contributed by atoms with Gasteiger partial charge in [-0.3, -0.25) is 20.4 Å². The van der Waals surface area contributed by atoms with Gasteiger partial charge in [0.2, 0.25) is 0 Å². The summed E-state index contributed by atoms with van der Waals surface area (Å²) >= 11 is 11.8. The molecule has 2 N–H and O–H groups in total. The Morgan fingerprint density at radius 1 is 0.921 bits per heavy atom. The molecule has 38 heavy (non-hydrogen) atoms. The third-order valence-electron chi connectivity index (χ3n) is 5.78. The van der Waals surface area contributed by atoms with E-state index in [-0.39, 0.29) is 32.4 Å². The van der Waals surface area contributed by atoms with Gasteiger partial charge < -0.3 is 4.84 Å². The first kappa shape index (κ1) is 27.3. The molecule has 0 saturated heterocycles. The molecule has 198 valence electrons. The molecule has 1 aliphatic heterocycles. The standard InChI is InChI=1S/C25H16Cl2F5N3O3/c1-12-6-13(2-4-18(12)22(36)33-34-23(37)19-5-3-17(28)10-20(19)29)21-11-24(38-35-21,25(30,31)32)14-7-15(26)9-16(27)8-14/h2-10H,11H2,1H3,(H,33,36)(H,34,37). The van der Waals surface area contributed by atoms with Gasteiger partial charge in [-0.25, -0.2) is 8.78 Å². The predicted octanol–water partition coefficient (Wildman–Crippen LogP) is 6.24. The van der Waals surface area contributed by atoms with Crippen molar-refractivity contribution in [2.75, 3.05) is 0 Å². The van der Waals surface area contributed by atoms with E-state index in [1.807, 2.05) is 5.43 Å². The monoisotopic (exact) mass is 571 g/mol. The molecule has 4 rings (SSSR count). The van der Waals surface area contributed by atoms with E-state index in [2.05, 4.69) is 10.6 Å². The van der Waals surface area contributed by atoms with E-state index in [0.29, 0.717) is 11.6 Å². The number of benzene rings is 3. The van der Waals surface area contributed by atoms with Crippen molar-refractivity contribution < 1.29 is 36.4 Å². The van der Waals surface area contributed by atoms with Crippen LogP contribution in [0.2, 0.25) is 10.0 Å². The molecule has 1 unspecified atom stereocenters. The van der Waals surface area contributed by atoms with Crippen LogP contribution in [0.15, 0.2) is 59.8 Å². The van der Waals surface area contributed by atoms with Crippen molar-refractivity contribution in [3.8, 4) is 0 Å². The molecule has 0 saturated carbocycles. The molecule has 6 nitrogen and oxygen atoms in total. The summed E-state index contributed by atoms with van der Waals surface area (Å²) in [5.41, 5.74) is 1.12. The largest absolute Gasteiger partial charge is 0.435 e. The van der Waals surface area contributed by atoms with Crippen LogP contribution < -0.4 is 10.9 Å². The maximum atomic E-state index is 14.2. The van der Waals surface area contributed by atoms with E-state index >= 15 is 0 Å². The average molecular weight is 572 g/mol. The number of nitrogens with one attached hydrogen (secondary N) is 2. The van der Waals surface area contributed by atoms with Gasteiger partial charge in [0.05, 0.1) is 11.3 Å². The maximum Gasteiger partial charge on any atom is 0.435 e. The summed E-state index contributed by atoms with van der Waals surface area (Å²) in [4.78, 5) is 29.6. The smallest absolute Gasteiger partial charge is 0.374 e. The minimum absolute atomic E-state index is 0.00589. The van der Waals surface area contributed by atoms with Crippen molar-refractivity contribution in [1.82, 2.24) is 10.9 Å². The molecule has 0 radical (unpaired) electrons. The molecule has 3 aromatic rings. The van der Waals surface area contributed by atoms with Gasteiger partial charge in [0.15, 0.2) is 0 Å². The van der Waals surface area contributed by atoms with Crippen LogP contribution >= 0.6 is 23.2 Å². The van der Waals surface area contributed by atoms with E-state index in [0.717, 1.165) is 24.3 Å². The SMILES string of the molecule is Cc1cc(C2=NOC(c3cc(Cl)cc(Cl)c3)(C(F)(F)F)C2)ccc1C(=O)NNC(=O)c1ccc(F)cc1F. The van der Waals surface area contributed by atoms with Gasteiger partial charge in [-0.1, -0.05) is 34.4 Å². The Morgan fingerprint density at radius 2 is 1.53 bits per heavy atom. The number of aryl methyl sites for hydroxylation is 1. The summed E-state index contributed by atoms with van der Waals surface area (Å²) in [6, 6.07) is 9.91. The quantitative estimate of drug-likeness (QED) is 0.287. The van der Waals surface area contributed by atoms with E-state index in [1.165, 1.54) is 31.2 Å². The second-order valence-electron chi connectivity index (χ2n) is 8.35. The first-order valence-corrected chi connectivity index (χ1v) is 11.5. The second-order valence-corrected chi connectivity index (χ2v) is 9.22. The highest BCUT2D eigenvalue weighted by Crippen LogP contribution is 2.49. The number of amides is 2. The van der Waals surface area contributed by atoms with Crippen molar-refractivity contribution in [2.45, 2.75) is 25.1 Å². The Morgan fingerprint density at radius 3 is 2.11 bits per heavy atom. The Kier molecular flexibility index (Phi) is 7.35. The van der Waals surface area contributed by atoms with Gasteiger partial charge in [-0.2, -0.15) is 13.2 Å². The second kappa shape index (κ2) is 10.2. The van der Waals surface area contributed by atoms with Crippen LogP contribution in [0.1, 0.15) is 43.8 Å². The van der Waals surface area contributed by atoms with Gasteiger partial charge in [-0.15, -0.1) is 0 Å². The van der Waals surface area contributed by atoms with Crippen molar-refractivity contribution in [3.63, 3.8) is 0 Å². The van der Waals surface area contributed by atoms with Gasteiger partial charge in [0.25, 0.3) is 17.4 Å². The number of hydrogen-bond acceptors (Lipinski definition) is 4. The minimum Gasteiger partial charge on any atom is -0.374 e. The van der Waals surface area contributed by atoms with Crippen LogP contribution in [-0.2, 0) is 10.4 Å². The predicted molar refractivity (Wildman–Crippen MR) is 129 cm³/mol. The van der Waals surface area contributed by atoms with Gasteiger partial charge in [0.1, 0.15) is 11.6 Å². The summed E-state index contributed by atoms with van der Waals surface area (Å²) in [6.45, 7) is 1.52. The van der Waals surface area contributed by atoms with Gasteiger partial charge in [0, 0.05) is 33.7 Å². The minimum atomic E-state index is -4.87. The van der Waals surface area contributed by atoms with Crippen LogP contribution in [0.3, 0.4) is 0 Å². The molecule has 0 aromatic heterocycles. The molecule has 3 aromatic carbocycles. The Hall–Kier alpha value is -3.70. The normalized spacial score (nSPS) is 17.0. The molecule has 0 bridgehead atoms. The van der Waals surface area contributed by atoms with Crippen LogP contribution in [-0.4, -0.2) is 23.7 Å². The molecule has 0 fully saturated rings. The van der Waals surface area contributed by atoms with Gasteiger partial charge in [-0.05, 0) is 60.5 Å². The Balaban J connectivity index is 1.51. The lowest BCUT2D eigenvalue weighted by Crippen LogP contribution is -2.42. The fraction of sp³-hybridized carbons (Fsp3) is 0.160. The van der Waals surface area contributed by atoms with Crippen molar-refractivity contribution in [3.05, 3.63) is 104 Å². The zero-order valence-corrected chi connectivity index (χ0v) is 20.7. The third kappa shape index (κ3) is 5.30. The average Bonchev–Trinajstić information content (AvgIpc) is 3.29. The first-order chi connectivity index (χ1) is 17.8. The summed E-state index contributed by atoms with van der Waals surface area (Å²) in [5.74, 6) is -3.80. The topological polar surface area (TPSA) is 79.8 Å². The van der Waals surface area contributed by atoms with Crippen molar-refractivity contribution >= 4 is 40.7 Å². The fourth-order valence-electron chi connectivity index (χ4n) is 3.87. The lowest BCUT2D eigenvalue weighted by Gasteiger charge is -2.29. The molecule has 2 amide bonds. The molecule has 0 spiro atoms. The number of nitrogens with zero attached hydrogens (tertiary/aromatic N) is 1. The highest BCUT2D eigenvalue weighted by Gasteiger charge is 2.62. The molecule has 1 heterocycles. The maximum absolute atomic E-state index is 14.2. The number of carbonyl (C=O) groups is 2. The first-order valence-electron chi connectivity index (χ1n) is 10.8. The highest BCUT2D eigenvalue weighted by atomic mass is 35.5. The third-order valence-corrected chi connectivity index (χ3v) is 6.22. The van der Waals surface area contributed by atoms with Crippen LogP contribution in [0.25, 0.3) is 0 Å². The molecular formula is C25H16Cl2F5N3O3. The molecule has 0 aliphatic carbocycles. The molecule has 1 atom stereocenters. The number of alkyl halides is 3. The van der Waals surface area contributed by atoms with Crippen LogP contribution in [0.5, 0.6) is 0 Å². The van der Waals surface area contributed by atoms with E-state index in [4.69, 9.17) is 28.0 Å². The highest BCUT2D eigenvalue weighted by molar-refractivity contribution is 6.34. The van der Waals surface area contributed by atoms with Crippen LogP contribution in [0, 0.1) is 18.6 Å². The summed E-state index contributed by atoms with van der Waals surface area (Å²) in [5, 5.41) is 3.66. The lowest BCUT2D eigenvalue weighted by molar-refractivity contribution is -0.275. The van der Waals surface area contributed by atoms with E-state index < -0.39 is 47.2 Å². The summed E-state index contributed by atoms with van der Waals surface area (Å²) < 4.78 is 69.4. The number of oxime groups is 1. The Bertz CT molecular complexity index is 1460. The zero-order valence-electron chi connectivity index (χ0n) is 19.2. The fourth-order valence-corrected chi connectivity index (χ4v) is 4.39. The molecule has 1 aliphatic rings. The van der Waals surface area contributed by atoms with E-state index in [1.54, 1.807) is 0 Å². The Labute approximate surface area is 222 Å². The van der Waals surface area contributed by atoms with Crippen molar-refractivity contribution in [2.24, 2.45) is 5.16 Å². The number of halogens is 7. The zero-order chi connectivity index (χ0) is 27.8. The lowest BCUT2D eigenvalue weighted by atomic mass is 9.86. The summed E-state index contributed by atoms with van der Waals surface area (Å²) in [6.07, 6.45) is -5.55. The number of hydrogen-bond donors (Lipinski definition) is 2. The molecular weight excluding hydrogens is 556 g/mol. The number of carbonyl (C=O) groups excluding carboxylic acids is 2. The van der Waals surface area contributed by atoms with E-state index in [9.17, 15) is 31.5 Å².